The zero-order chi connectivity index (χ0) is 14.7. The number of aliphatic hydroxyl groups is 1. The minimum absolute atomic E-state index is 0.550. The van der Waals surface area contributed by atoms with Gasteiger partial charge in [0, 0.05) is 13.6 Å². The molecule has 1 unspecified atom stereocenters. The lowest BCUT2D eigenvalue weighted by atomic mass is 10.0. The third-order valence-corrected chi connectivity index (χ3v) is 4.89. The van der Waals surface area contributed by atoms with Crippen LogP contribution in [0.25, 0.3) is 0 Å². The molecular formula is C15H13BrClIO2. The maximum absolute atomic E-state index is 10.6. The number of hydrogen-bond acceptors (Lipinski definition) is 2. The summed E-state index contributed by atoms with van der Waals surface area (Å²) >= 11 is 11.7. The van der Waals surface area contributed by atoms with Crippen molar-refractivity contribution in [2.45, 2.75) is 13.0 Å². The smallest absolute Gasteiger partial charge is 0.125 e. The molecule has 106 valence electrons. The van der Waals surface area contributed by atoms with Crippen molar-refractivity contribution in [3.63, 3.8) is 0 Å². The number of aliphatic hydroxyl groups excluding tert-OH is 1. The van der Waals surface area contributed by atoms with Crippen molar-refractivity contribution in [1.29, 1.82) is 0 Å². The Morgan fingerprint density at radius 2 is 2.05 bits per heavy atom. The van der Waals surface area contributed by atoms with Gasteiger partial charge in [-0.1, -0.05) is 33.6 Å². The van der Waals surface area contributed by atoms with Crippen molar-refractivity contribution < 1.29 is 9.84 Å². The van der Waals surface area contributed by atoms with E-state index in [-0.39, 0.29) is 0 Å². The van der Waals surface area contributed by atoms with Crippen molar-refractivity contribution in [2.75, 3.05) is 6.61 Å². The Morgan fingerprint density at radius 1 is 1.30 bits per heavy atom. The molecule has 0 spiro atoms. The first-order valence-corrected chi connectivity index (χ1v) is 8.33. The molecule has 0 bridgehead atoms. The molecule has 0 saturated heterocycles. The molecule has 0 aliphatic carbocycles. The monoisotopic (exact) mass is 466 g/mol. The molecule has 2 aromatic carbocycles. The number of rotatable bonds is 4. The van der Waals surface area contributed by atoms with E-state index in [1.54, 1.807) is 6.07 Å². The lowest BCUT2D eigenvalue weighted by Gasteiger charge is -2.17. The summed E-state index contributed by atoms with van der Waals surface area (Å²) in [6.07, 6.45) is -0.774. The molecular weight excluding hydrogens is 454 g/mol. The van der Waals surface area contributed by atoms with Crippen molar-refractivity contribution in [3.8, 4) is 5.75 Å². The van der Waals surface area contributed by atoms with Crippen LogP contribution in [0.1, 0.15) is 24.2 Å². The van der Waals surface area contributed by atoms with Gasteiger partial charge in [-0.05, 0) is 65.4 Å². The number of hydrogen-bond donors (Lipinski definition) is 1. The lowest BCUT2D eigenvalue weighted by molar-refractivity contribution is 0.212. The molecule has 0 radical (unpaired) electrons. The van der Waals surface area contributed by atoms with Gasteiger partial charge in [0.2, 0.25) is 0 Å². The Morgan fingerprint density at radius 3 is 2.70 bits per heavy atom. The first kappa shape index (κ1) is 16.1. The van der Waals surface area contributed by atoms with E-state index in [1.807, 2.05) is 37.3 Å². The number of halogens is 3. The van der Waals surface area contributed by atoms with Crippen LogP contribution in [0, 0.1) is 3.57 Å². The molecule has 2 aromatic rings. The van der Waals surface area contributed by atoms with Crippen LogP contribution in [0.5, 0.6) is 5.75 Å². The summed E-state index contributed by atoms with van der Waals surface area (Å²) in [6, 6.07) is 11.1. The Kier molecular flexibility index (Phi) is 5.72. The second-order valence-electron chi connectivity index (χ2n) is 4.19. The largest absolute Gasteiger partial charge is 0.493 e. The summed E-state index contributed by atoms with van der Waals surface area (Å²) in [6.45, 7) is 2.47. The topological polar surface area (TPSA) is 29.5 Å². The van der Waals surface area contributed by atoms with Crippen molar-refractivity contribution in [1.82, 2.24) is 0 Å². The normalized spacial score (nSPS) is 12.2. The predicted octanol–water partition coefficient (Wildman–Crippen LogP) is 5.19. The fourth-order valence-corrected chi connectivity index (χ4v) is 2.79. The molecule has 20 heavy (non-hydrogen) atoms. The van der Waals surface area contributed by atoms with E-state index >= 15 is 0 Å². The highest BCUT2D eigenvalue weighted by molar-refractivity contribution is 14.1. The second kappa shape index (κ2) is 7.11. The van der Waals surface area contributed by atoms with Gasteiger partial charge in [0.15, 0.2) is 0 Å². The number of ether oxygens (including phenoxy) is 1. The summed E-state index contributed by atoms with van der Waals surface area (Å²) < 4.78 is 7.43. The summed E-state index contributed by atoms with van der Waals surface area (Å²) in [5.74, 6) is 0.679. The van der Waals surface area contributed by atoms with Crippen LogP contribution < -0.4 is 4.74 Å². The summed E-state index contributed by atoms with van der Waals surface area (Å²) in [7, 11) is 0. The van der Waals surface area contributed by atoms with E-state index in [1.165, 1.54) is 0 Å². The van der Waals surface area contributed by atoms with Crippen LogP contribution in [-0.4, -0.2) is 11.7 Å². The van der Waals surface area contributed by atoms with E-state index in [2.05, 4.69) is 38.5 Å². The average Bonchev–Trinajstić information content (AvgIpc) is 2.43. The quantitative estimate of drug-likeness (QED) is 0.628. The van der Waals surface area contributed by atoms with E-state index < -0.39 is 6.10 Å². The first-order chi connectivity index (χ1) is 9.52. The van der Waals surface area contributed by atoms with E-state index in [0.29, 0.717) is 17.4 Å². The van der Waals surface area contributed by atoms with Gasteiger partial charge in [0.1, 0.15) is 11.9 Å². The van der Waals surface area contributed by atoms with E-state index in [0.717, 1.165) is 19.2 Å². The molecule has 2 rings (SSSR count). The Hall–Kier alpha value is -0.300. The van der Waals surface area contributed by atoms with Gasteiger partial charge in [-0.15, -0.1) is 0 Å². The molecule has 0 aromatic heterocycles. The average molecular weight is 468 g/mol. The minimum Gasteiger partial charge on any atom is -0.493 e. The maximum atomic E-state index is 10.6. The van der Waals surface area contributed by atoms with E-state index in [9.17, 15) is 5.11 Å². The zero-order valence-electron chi connectivity index (χ0n) is 10.7. The highest BCUT2D eigenvalue weighted by Gasteiger charge is 2.17. The van der Waals surface area contributed by atoms with Crippen LogP contribution >= 0.6 is 50.1 Å². The Labute approximate surface area is 145 Å². The predicted molar refractivity (Wildman–Crippen MR) is 93.5 cm³/mol. The van der Waals surface area contributed by atoms with Gasteiger partial charge in [-0.3, -0.25) is 0 Å². The molecule has 0 aliphatic heterocycles. The summed E-state index contributed by atoms with van der Waals surface area (Å²) in [5, 5.41) is 11.2. The van der Waals surface area contributed by atoms with Crippen LogP contribution in [0.4, 0.5) is 0 Å². The summed E-state index contributed by atoms with van der Waals surface area (Å²) in [4.78, 5) is 0. The third-order valence-electron chi connectivity index (χ3n) is 2.83. The molecule has 1 N–H and O–H groups in total. The Balaban J connectivity index is 2.43. The molecule has 5 heteroatoms. The minimum atomic E-state index is -0.774. The Bertz CT molecular complexity index is 619. The van der Waals surface area contributed by atoms with Gasteiger partial charge in [-0.25, -0.2) is 0 Å². The highest BCUT2D eigenvalue weighted by Crippen LogP contribution is 2.34. The lowest BCUT2D eigenvalue weighted by Crippen LogP contribution is -2.04. The fraction of sp³-hybridized carbons (Fsp3) is 0.200. The SMILES string of the molecule is CCOc1ccc(Br)cc1C(O)c1ccc(I)c(Cl)c1. The zero-order valence-corrected chi connectivity index (χ0v) is 15.2. The molecule has 0 fully saturated rings. The molecule has 1 atom stereocenters. The molecule has 0 amide bonds. The molecule has 0 heterocycles. The van der Waals surface area contributed by atoms with Crippen LogP contribution in [0.15, 0.2) is 40.9 Å². The van der Waals surface area contributed by atoms with Gasteiger partial charge < -0.3 is 9.84 Å². The van der Waals surface area contributed by atoms with Crippen LogP contribution in [0.3, 0.4) is 0 Å². The van der Waals surface area contributed by atoms with Crippen LogP contribution in [-0.2, 0) is 0 Å². The fourth-order valence-electron chi connectivity index (χ4n) is 1.88. The van der Waals surface area contributed by atoms with Gasteiger partial charge >= 0.3 is 0 Å². The van der Waals surface area contributed by atoms with Crippen molar-refractivity contribution in [2.24, 2.45) is 0 Å². The molecule has 0 aliphatic rings. The van der Waals surface area contributed by atoms with Crippen LogP contribution in [0.2, 0.25) is 5.02 Å². The van der Waals surface area contributed by atoms with Gasteiger partial charge in [0.25, 0.3) is 0 Å². The van der Waals surface area contributed by atoms with Crippen molar-refractivity contribution >= 4 is 50.1 Å². The van der Waals surface area contributed by atoms with Gasteiger partial charge in [-0.2, -0.15) is 0 Å². The molecule has 2 nitrogen and oxygen atoms in total. The maximum Gasteiger partial charge on any atom is 0.125 e. The summed E-state index contributed by atoms with van der Waals surface area (Å²) in [5.41, 5.74) is 1.47. The highest BCUT2D eigenvalue weighted by atomic mass is 127. The standard InChI is InChI=1S/C15H13BrClIO2/c1-2-20-14-6-4-10(16)8-11(14)15(19)9-3-5-13(18)12(17)7-9/h3-8,15,19H,2H2,1H3. The van der Waals surface area contributed by atoms with E-state index in [4.69, 9.17) is 16.3 Å². The van der Waals surface area contributed by atoms with Crippen molar-refractivity contribution in [3.05, 3.63) is 60.6 Å². The van der Waals surface area contributed by atoms with Gasteiger partial charge in [0.05, 0.1) is 11.6 Å². The first-order valence-electron chi connectivity index (χ1n) is 6.08. The second-order valence-corrected chi connectivity index (χ2v) is 6.68. The third kappa shape index (κ3) is 3.67. The number of benzene rings is 2. The molecule has 0 saturated carbocycles.